The van der Waals surface area contributed by atoms with E-state index < -0.39 is 0 Å². The number of benzene rings is 1. The number of hydrogen-bond donors (Lipinski definition) is 2. The van der Waals surface area contributed by atoms with E-state index in [2.05, 4.69) is 15.5 Å². The van der Waals surface area contributed by atoms with Gasteiger partial charge in [-0.3, -0.25) is 4.90 Å². The van der Waals surface area contributed by atoms with E-state index in [-0.39, 0.29) is 0 Å². The number of rotatable bonds is 8. The Labute approximate surface area is 165 Å². The number of guanidine groups is 1. The van der Waals surface area contributed by atoms with Gasteiger partial charge >= 0.3 is 0 Å². The van der Waals surface area contributed by atoms with Crippen LogP contribution in [0.2, 0.25) is 5.02 Å². The quantitative estimate of drug-likeness (QED) is 0.535. The Kier molecular flexibility index (Phi) is 8.02. The Balaban J connectivity index is 1.49. The Hall–Kier alpha value is -2.02. The Morgan fingerprint density at radius 3 is 2.59 bits per heavy atom. The van der Waals surface area contributed by atoms with Crippen LogP contribution >= 0.6 is 11.6 Å². The van der Waals surface area contributed by atoms with E-state index in [1.54, 1.807) is 6.26 Å². The molecule has 2 heterocycles. The maximum atomic E-state index is 5.95. The molecule has 1 aliphatic heterocycles. The molecule has 2 N–H and O–H groups in total. The van der Waals surface area contributed by atoms with Crippen molar-refractivity contribution in [1.29, 1.82) is 0 Å². The number of hydrogen-bond acceptors (Lipinski definition) is 4. The summed E-state index contributed by atoms with van der Waals surface area (Å²) in [7, 11) is 0. The number of aliphatic imine (C=N–C) groups is 1. The lowest BCUT2D eigenvalue weighted by Gasteiger charge is -2.26. The molecule has 0 spiro atoms. The van der Waals surface area contributed by atoms with Gasteiger partial charge in [0.2, 0.25) is 0 Å². The highest BCUT2D eigenvalue weighted by atomic mass is 35.5. The van der Waals surface area contributed by atoms with Crippen LogP contribution in [-0.2, 0) is 17.7 Å². The van der Waals surface area contributed by atoms with Crippen LogP contribution in [0.3, 0.4) is 0 Å². The highest BCUT2D eigenvalue weighted by Gasteiger charge is 2.09. The second-order valence-electron chi connectivity index (χ2n) is 6.43. The smallest absolute Gasteiger partial charge is 0.191 e. The molecule has 0 saturated carbocycles. The minimum absolute atomic E-state index is 0.602. The van der Waals surface area contributed by atoms with E-state index in [0.717, 1.165) is 74.7 Å². The summed E-state index contributed by atoms with van der Waals surface area (Å²) in [6.45, 7) is 6.80. The first-order valence-corrected chi connectivity index (χ1v) is 9.76. The molecule has 2 aromatic rings. The summed E-state index contributed by atoms with van der Waals surface area (Å²) >= 11 is 5.95. The largest absolute Gasteiger partial charge is 0.469 e. The molecule has 0 atom stereocenters. The van der Waals surface area contributed by atoms with Gasteiger partial charge in [-0.25, -0.2) is 4.99 Å². The third-order valence-electron chi connectivity index (χ3n) is 4.40. The van der Waals surface area contributed by atoms with Crippen molar-refractivity contribution in [1.82, 2.24) is 15.5 Å². The number of morpholine rings is 1. The fourth-order valence-corrected chi connectivity index (χ4v) is 2.98. The normalized spacial score (nSPS) is 15.7. The lowest BCUT2D eigenvalue weighted by molar-refractivity contribution is 0.0389. The summed E-state index contributed by atoms with van der Waals surface area (Å²) in [5.74, 6) is 1.78. The van der Waals surface area contributed by atoms with E-state index >= 15 is 0 Å². The van der Waals surface area contributed by atoms with E-state index in [1.807, 2.05) is 36.4 Å². The van der Waals surface area contributed by atoms with Gasteiger partial charge in [0, 0.05) is 44.2 Å². The van der Waals surface area contributed by atoms with E-state index in [0.29, 0.717) is 6.54 Å². The van der Waals surface area contributed by atoms with Crippen LogP contribution in [0, 0.1) is 0 Å². The molecule has 6 nitrogen and oxygen atoms in total. The maximum absolute atomic E-state index is 5.95. The zero-order valence-electron chi connectivity index (χ0n) is 15.5. The van der Waals surface area contributed by atoms with Gasteiger partial charge in [0.25, 0.3) is 0 Å². The van der Waals surface area contributed by atoms with Gasteiger partial charge in [-0.15, -0.1) is 0 Å². The van der Waals surface area contributed by atoms with E-state index in [1.165, 1.54) is 0 Å². The summed E-state index contributed by atoms with van der Waals surface area (Å²) in [5.41, 5.74) is 1.12. The lowest BCUT2D eigenvalue weighted by atomic mass is 10.2. The van der Waals surface area contributed by atoms with Crippen LogP contribution in [0.1, 0.15) is 11.3 Å². The average Bonchev–Trinajstić information content (AvgIpc) is 3.21. The predicted molar refractivity (Wildman–Crippen MR) is 108 cm³/mol. The van der Waals surface area contributed by atoms with Gasteiger partial charge < -0.3 is 19.8 Å². The molecular weight excluding hydrogens is 364 g/mol. The first-order chi connectivity index (χ1) is 13.3. The van der Waals surface area contributed by atoms with Gasteiger partial charge in [-0.2, -0.15) is 0 Å². The Bertz CT molecular complexity index is 683. The number of halogens is 1. The number of nitrogens with zero attached hydrogens (tertiary/aromatic N) is 2. The second kappa shape index (κ2) is 11.0. The van der Waals surface area contributed by atoms with Crippen molar-refractivity contribution < 1.29 is 9.15 Å². The third kappa shape index (κ3) is 7.25. The first kappa shape index (κ1) is 19.7. The molecule has 0 amide bonds. The highest BCUT2D eigenvalue weighted by molar-refractivity contribution is 6.30. The molecule has 3 rings (SSSR count). The van der Waals surface area contributed by atoms with Gasteiger partial charge in [0.05, 0.1) is 26.0 Å². The van der Waals surface area contributed by atoms with Crippen LogP contribution in [0.5, 0.6) is 0 Å². The third-order valence-corrected chi connectivity index (χ3v) is 4.65. The minimum Gasteiger partial charge on any atom is -0.469 e. The summed E-state index contributed by atoms with van der Waals surface area (Å²) in [4.78, 5) is 7.10. The van der Waals surface area contributed by atoms with Crippen molar-refractivity contribution in [2.24, 2.45) is 4.99 Å². The highest BCUT2D eigenvalue weighted by Crippen LogP contribution is 2.10. The molecule has 0 unspecified atom stereocenters. The topological polar surface area (TPSA) is 62.0 Å². The Morgan fingerprint density at radius 1 is 1.07 bits per heavy atom. The SMILES string of the molecule is Clc1ccc(CN=C(NCCc2ccco2)NCCN2CCOCC2)cc1. The first-order valence-electron chi connectivity index (χ1n) is 9.39. The Morgan fingerprint density at radius 2 is 1.85 bits per heavy atom. The maximum Gasteiger partial charge on any atom is 0.191 e. The van der Waals surface area contributed by atoms with Crippen LogP contribution in [0.25, 0.3) is 0 Å². The second-order valence-corrected chi connectivity index (χ2v) is 6.86. The molecular formula is C20H27ClN4O2. The van der Waals surface area contributed by atoms with Crippen molar-refractivity contribution >= 4 is 17.6 Å². The summed E-state index contributed by atoms with van der Waals surface area (Å²) in [5, 5.41) is 7.55. The molecule has 1 saturated heterocycles. The molecule has 146 valence electrons. The van der Waals surface area contributed by atoms with E-state index in [9.17, 15) is 0 Å². The van der Waals surface area contributed by atoms with Crippen LogP contribution < -0.4 is 10.6 Å². The molecule has 0 aliphatic carbocycles. The number of furan rings is 1. The van der Waals surface area contributed by atoms with Crippen LogP contribution in [-0.4, -0.2) is 56.8 Å². The predicted octanol–water partition coefficient (Wildman–Crippen LogP) is 2.54. The molecule has 1 fully saturated rings. The minimum atomic E-state index is 0.602. The van der Waals surface area contributed by atoms with Gasteiger partial charge in [0.15, 0.2) is 5.96 Å². The molecule has 0 bridgehead atoms. The standard InChI is InChI=1S/C20H27ClN4O2/c21-18-5-3-17(4-6-18)16-24-20(22-8-7-19-2-1-13-27-19)23-9-10-25-11-14-26-15-12-25/h1-6,13H,7-12,14-16H2,(H2,22,23,24). The van der Waals surface area contributed by atoms with Crippen LogP contribution in [0.4, 0.5) is 0 Å². The van der Waals surface area contributed by atoms with Gasteiger partial charge in [0.1, 0.15) is 5.76 Å². The monoisotopic (exact) mass is 390 g/mol. The zero-order valence-corrected chi connectivity index (χ0v) is 16.3. The molecule has 1 aliphatic rings. The molecule has 1 aromatic carbocycles. The number of ether oxygens (including phenoxy) is 1. The van der Waals surface area contributed by atoms with E-state index in [4.69, 9.17) is 25.7 Å². The molecule has 7 heteroatoms. The van der Waals surface area contributed by atoms with Crippen molar-refractivity contribution in [2.45, 2.75) is 13.0 Å². The van der Waals surface area contributed by atoms with Gasteiger partial charge in [-0.1, -0.05) is 23.7 Å². The molecule has 27 heavy (non-hydrogen) atoms. The summed E-state index contributed by atoms with van der Waals surface area (Å²) in [6, 6.07) is 11.7. The lowest BCUT2D eigenvalue weighted by Crippen LogP contribution is -2.44. The van der Waals surface area contributed by atoms with Crippen molar-refractivity contribution in [3.63, 3.8) is 0 Å². The molecule has 1 aromatic heterocycles. The number of nitrogens with one attached hydrogen (secondary N) is 2. The molecule has 0 radical (unpaired) electrons. The zero-order chi connectivity index (χ0) is 18.7. The average molecular weight is 391 g/mol. The van der Waals surface area contributed by atoms with Gasteiger partial charge in [-0.05, 0) is 29.8 Å². The fourth-order valence-electron chi connectivity index (χ4n) is 2.85. The summed E-state index contributed by atoms with van der Waals surface area (Å²) in [6.07, 6.45) is 2.52. The van der Waals surface area contributed by atoms with Crippen molar-refractivity contribution in [3.8, 4) is 0 Å². The van der Waals surface area contributed by atoms with Crippen molar-refractivity contribution in [3.05, 3.63) is 59.0 Å². The van der Waals surface area contributed by atoms with Crippen LogP contribution in [0.15, 0.2) is 52.1 Å². The fraction of sp³-hybridized carbons (Fsp3) is 0.450. The summed E-state index contributed by atoms with van der Waals surface area (Å²) < 4.78 is 10.8. The van der Waals surface area contributed by atoms with Crippen molar-refractivity contribution in [2.75, 3.05) is 45.9 Å².